The number of rotatable bonds is 3. The lowest BCUT2D eigenvalue weighted by molar-refractivity contribution is 0.0772. The predicted molar refractivity (Wildman–Crippen MR) is 82.5 cm³/mol. The number of amides is 1. The molecule has 1 saturated heterocycles. The first-order chi connectivity index (χ1) is 10.6. The number of nitrogens with zero attached hydrogens (tertiary/aromatic N) is 1. The summed E-state index contributed by atoms with van der Waals surface area (Å²) in [6, 6.07) is 13.7. The maximum absolute atomic E-state index is 13.2. The summed E-state index contributed by atoms with van der Waals surface area (Å²) < 4.78 is 18.9. The van der Waals surface area contributed by atoms with Gasteiger partial charge in [0.25, 0.3) is 5.91 Å². The molecular formula is C18H18FNO2. The quantitative estimate of drug-likeness (QED) is 0.869. The molecule has 3 nitrogen and oxygen atoms in total. The molecule has 0 spiro atoms. The number of hydrogen-bond donors (Lipinski definition) is 0. The van der Waals surface area contributed by atoms with Gasteiger partial charge in [0.2, 0.25) is 0 Å². The molecule has 0 radical (unpaired) electrons. The van der Waals surface area contributed by atoms with Crippen LogP contribution < -0.4 is 4.74 Å². The van der Waals surface area contributed by atoms with E-state index in [-0.39, 0.29) is 17.8 Å². The third-order valence-corrected chi connectivity index (χ3v) is 3.80. The Kier molecular flexibility index (Phi) is 4.09. The Morgan fingerprint density at radius 1 is 1.23 bits per heavy atom. The van der Waals surface area contributed by atoms with Gasteiger partial charge in [0.1, 0.15) is 17.7 Å². The molecule has 0 N–H and O–H groups in total. The normalized spacial score (nSPS) is 17.5. The molecule has 1 fully saturated rings. The van der Waals surface area contributed by atoms with Crippen LogP contribution in [0.15, 0.2) is 48.5 Å². The SMILES string of the molecule is Cc1cccc(C(=O)N2CCC(Oc3cccc(F)c3)C2)c1. The van der Waals surface area contributed by atoms with Crippen LogP contribution in [-0.4, -0.2) is 30.0 Å². The van der Waals surface area contributed by atoms with Gasteiger partial charge >= 0.3 is 0 Å². The van der Waals surface area contributed by atoms with Crippen LogP contribution in [0, 0.1) is 12.7 Å². The van der Waals surface area contributed by atoms with Crippen LogP contribution in [0.3, 0.4) is 0 Å². The monoisotopic (exact) mass is 299 g/mol. The number of halogens is 1. The summed E-state index contributed by atoms with van der Waals surface area (Å²) in [6.45, 7) is 3.16. The number of likely N-dealkylation sites (tertiary alicyclic amines) is 1. The topological polar surface area (TPSA) is 29.5 Å². The lowest BCUT2D eigenvalue weighted by atomic mass is 10.1. The molecular weight excluding hydrogens is 281 g/mol. The van der Waals surface area contributed by atoms with Crippen LogP contribution in [0.25, 0.3) is 0 Å². The van der Waals surface area contributed by atoms with Crippen molar-refractivity contribution in [2.45, 2.75) is 19.4 Å². The molecule has 2 aromatic carbocycles. The second kappa shape index (κ2) is 6.18. The van der Waals surface area contributed by atoms with Gasteiger partial charge in [-0.25, -0.2) is 4.39 Å². The summed E-state index contributed by atoms with van der Waals surface area (Å²) in [7, 11) is 0. The minimum absolute atomic E-state index is 0.0223. The number of benzene rings is 2. The molecule has 1 amide bonds. The average Bonchev–Trinajstić information content (AvgIpc) is 2.95. The van der Waals surface area contributed by atoms with Gasteiger partial charge in [0.15, 0.2) is 0 Å². The van der Waals surface area contributed by atoms with E-state index in [1.54, 1.807) is 17.0 Å². The highest BCUT2D eigenvalue weighted by Gasteiger charge is 2.28. The molecule has 0 aliphatic carbocycles. The maximum atomic E-state index is 13.2. The zero-order chi connectivity index (χ0) is 15.5. The summed E-state index contributed by atoms with van der Waals surface area (Å²) in [5, 5.41) is 0. The molecule has 4 heteroatoms. The largest absolute Gasteiger partial charge is 0.488 e. The highest BCUT2D eigenvalue weighted by atomic mass is 19.1. The van der Waals surface area contributed by atoms with Gasteiger partial charge in [-0.05, 0) is 31.2 Å². The maximum Gasteiger partial charge on any atom is 0.253 e. The van der Waals surface area contributed by atoms with Crippen molar-refractivity contribution in [3.05, 3.63) is 65.5 Å². The highest BCUT2D eigenvalue weighted by Crippen LogP contribution is 2.20. The van der Waals surface area contributed by atoms with Crippen LogP contribution in [0.2, 0.25) is 0 Å². The van der Waals surface area contributed by atoms with Gasteiger partial charge < -0.3 is 9.64 Å². The third kappa shape index (κ3) is 3.27. The van der Waals surface area contributed by atoms with Gasteiger partial charge in [-0.2, -0.15) is 0 Å². The zero-order valence-electron chi connectivity index (χ0n) is 12.5. The fourth-order valence-corrected chi connectivity index (χ4v) is 2.70. The molecule has 2 aromatic rings. The number of aryl methyl sites for hydroxylation is 1. The van der Waals surface area contributed by atoms with E-state index in [1.807, 2.05) is 31.2 Å². The van der Waals surface area contributed by atoms with Crippen molar-refractivity contribution in [3.8, 4) is 5.75 Å². The third-order valence-electron chi connectivity index (χ3n) is 3.80. The molecule has 0 aromatic heterocycles. The van der Waals surface area contributed by atoms with Crippen LogP contribution in [0.1, 0.15) is 22.3 Å². The number of hydrogen-bond acceptors (Lipinski definition) is 2. The van der Waals surface area contributed by atoms with E-state index in [9.17, 15) is 9.18 Å². The van der Waals surface area contributed by atoms with E-state index in [4.69, 9.17) is 4.74 Å². The van der Waals surface area contributed by atoms with Crippen molar-refractivity contribution in [1.29, 1.82) is 0 Å². The molecule has 1 heterocycles. The minimum Gasteiger partial charge on any atom is -0.488 e. The number of carbonyl (C=O) groups is 1. The Bertz CT molecular complexity index is 686. The van der Waals surface area contributed by atoms with Crippen molar-refractivity contribution in [2.24, 2.45) is 0 Å². The minimum atomic E-state index is -0.316. The molecule has 22 heavy (non-hydrogen) atoms. The first-order valence-corrected chi connectivity index (χ1v) is 7.40. The molecule has 1 unspecified atom stereocenters. The Morgan fingerprint density at radius 3 is 2.82 bits per heavy atom. The molecule has 0 bridgehead atoms. The molecule has 3 rings (SSSR count). The Hall–Kier alpha value is -2.36. The van der Waals surface area contributed by atoms with E-state index in [2.05, 4.69) is 0 Å². The highest BCUT2D eigenvalue weighted by molar-refractivity contribution is 5.94. The first kappa shape index (κ1) is 14.6. The molecule has 1 aliphatic heterocycles. The van der Waals surface area contributed by atoms with Crippen LogP contribution in [0.5, 0.6) is 5.75 Å². The van der Waals surface area contributed by atoms with E-state index >= 15 is 0 Å². The van der Waals surface area contributed by atoms with Crippen molar-refractivity contribution < 1.29 is 13.9 Å². The van der Waals surface area contributed by atoms with E-state index in [0.29, 0.717) is 24.4 Å². The second-order valence-corrected chi connectivity index (χ2v) is 5.61. The molecule has 114 valence electrons. The lowest BCUT2D eigenvalue weighted by Gasteiger charge is -2.17. The van der Waals surface area contributed by atoms with Gasteiger partial charge in [-0.1, -0.05) is 23.8 Å². The summed E-state index contributed by atoms with van der Waals surface area (Å²) in [6.07, 6.45) is 0.671. The average molecular weight is 299 g/mol. The van der Waals surface area contributed by atoms with E-state index in [1.165, 1.54) is 12.1 Å². The molecule has 1 atom stereocenters. The van der Waals surface area contributed by atoms with Crippen LogP contribution in [-0.2, 0) is 0 Å². The standard InChI is InChI=1S/C18H18FNO2/c1-13-4-2-5-14(10-13)18(21)20-9-8-17(12-20)22-16-7-3-6-15(19)11-16/h2-7,10-11,17H,8-9,12H2,1H3. The van der Waals surface area contributed by atoms with Gasteiger partial charge in [-0.3, -0.25) is 4.79 Å². The fraction of sp³-hybridized carbons (Fsp3) is 0.278. The summed E-state index contributed by atoms with van der Waals surface area (Å²) in [5.41, 5.74) is 1.77. The van der Waals surface area contributed by atoms with Crippen molar-refractivity contribution in [3.63, 3.8) is 0 Å². The van der Waals surface area contributed by atoms with Crippen LogP contribution >= 0.6 is 0 Å². The Labute approximate surface area is 129 Å². The predicted octanol–water partition coefficient (Wildman–Crippen LogP) is 3.43. The number of ether oxygens (including phenoxy) is 1. The smallest absolute Gasteiger partial charge is 0.253 e. The zero-order valence-corrected chi connectivity index (χ0v) is 12.5. The van der Waals surface area contributed by atoms with Crippen molar-refractivity contribution in [1.82, 2.24) is 4.90 Å². The first-order valence-electron chi connectivity index (χ1n) is 7.40. The summed E-state index contributed by atoms with van der Waals surface area (Å²) >= 11 is 0. The second-order valence-electron chi connectivity index (χ2n) is 5.61. The van der Waals surface area contributed by atoms with Gasteiger partial charge in [0.05, 0.1) is 6.54 Å². The Morgan fingerprint density at radius 2 is 2.05 bits per heavy atom. The van der Waals surface area contributed by atoms with Crippen molar-refractivity contribution in [2.75, 3.05) is 13.1 Å². The van der Waals surface area contributed by atoms with Crippen molar-refractivity contribution >= 4 is 5.91 Å². The van der Waals surface area contributed by atoms with Gasteiger partial charge in [-0.15, -0.1) is 0 Å². The lowest BCUT2D eigenvalue weighted by Crippen LogP contribution is -2.30. The Balaban J connectivity index is 1.63. The number of carbonyl (C=O) groups excluding carboxylic acids is 1. The van der Waals surface area contributed by atoms with E-state index in [0.717, 1.165) is 12.0 Å². The molecule has 0 saturated carbocycles. The summed E-state index contributed by atoms with van der Waals surface area (Å²) in [5.74, 6) is 0.215. The summed E-state index contributed by atoms with van der Waals surface area (Å²) in [4.78, 5) is 14.3. The fourth-order valence-electron chi connectivity index (χ4n) is 2.70. The van der Waals surface area contributed by atoms with Gasteiger partial charge in [0, 0.05) is 24.6 Å². The molecule has 1 aliphatic rings. The van der Waals surface area contributed by atoms with Crippen LogP contribution in [0.4, 0.5) is 4.39 Å². The van der Waals surface area contributed by atoms with E-state index < -0.39 is 0 Å².